The van der Waals surface area contributed by atoms with Crippen LogP contribution in [0.2, 0.25) is 0 Å². The third-order valence-electron chi connectivity index (χ3n) is 11.5. The lowest BCUT2D eigenvalue weighted by Gasteiger charge is -2.12. The van der Waals surface area contributed by atoms with Crippen LogP contribution in [0.25, 0.3) is 106 Å². The molecule has 4 heteroatoms. The summed E-state index contributed by atoms with van der Waals surface area (Å²) < 4.78 is 2.35. The van der Waals surface area contributed by atoms with Gasteiger partial charge in [0.15, 0.2) is 17.5 Å². The average Bonchev–Trinajstić information content (AvgIpc) is 3.68. The van der Waals surface area contributed by atoms with E-state index in [1.807, 2.05) is 36.4 Å². The molecule has 286 valence electrons. The van der Waals surface area contributed by atoms with Gasteiger partial charge < -0.3 is 4.57 Å². The highest BCUT2D eigenvalue weighted by Gasteiger charge is 2.17. The molecule has 61 heavy (non-hydrogen) atoms. The monoisotopic (exact) mass is 778 g/mol. The Morgan fingerprint density at radius 3 is 1.16 bits per heavy atom. The summed E-state index contributed by atoms with van der Waals surface area (Å²) in [5.41, 5.74) is 15.6. The standard InChI is InChI=1S/C57H38N4/c1-4-13-39(14-5-1)41-23-25-42(26-24-41)43-31-34-50(35-32-43)61-53-22-11-10-21-51(53)52-36-33-49(38-54(52)61)57-59-55(45-17-8-3-9-18-45)58-56(60-57)46-29-27-44(28-30-46)48-20-12-19-47(37-48)40-15-6-2-7-16-40/h1-38H. The molecule has 11 aromatic rings. The van der Waals surface area contributed by atoms with E-state index in [1.165, 1.54) is 44.2 Å². The third-order valence-corrected chi connectivity index (χ3v) is 11.5. The molecule has 0 unspecified atom stereocenters. The minimum atomic E-state index is 0.622. The van der Waals surface area contributed by atoms with Crippen molar-refractivity contribution in [3.8, 4) is 84.4 Å². The summed E-state index contributed by atoms with van der Waals surface area (Å²) in [4.78, 5) is 15.3. The first-order valence-corrected chi connectivity index (χ1v) is 20.6. The maximum atomic E-state index is 5.16. The Labute approximate surface area is 354 Å². The molecule has 2 aromatic heterocycles. The third kappa shape index (κ3) is 6.96. The largest absolute Gasteiger partial charge is 0.309 e. The van der Waals surface area contributed by atoms with Gasteiger partial charge in [0.1, 0.15) is 0 Å². The normalized spacial score (nSPS) is 11.3. The van der Waals surface area contributed by atoms with Gasteiger partial charge in [0.05, 0.1) is 11.0 Å². The van der Waals surface area contributed by atoms with Crippen molar-refractivity contribution < 1.29 is 0 Å². The van der Waals surface area contributed by atoms with Gasteiger partial charge in [0.2, 0.25) is 0 Å². The number of hydrogen-bond donors (Lipinski definition) is 0. The van der Waals surface area contributed by atoms with Gasteiger partial charge in [0.25, 0.3) is 0 Å². The molecule has 11 rings (SSSR count). The zero-order valence-corrected chi connectivity index (χ0v) is 33.2. The van der Waals surface area contributed by atoms with Crippen LogP contribution in [0.3, 0.4) is 0 Å². The molecule has 0 spiro atoms. The van der Waals surface area contributed by atoms with Crippen LogP contribution in [-0.2, 0) is 0 Å². The highest BCUT2D eigenvalue weighted by molar-refractivity contribution is 6.10. The Kier molecular flexibility index (Phi) is 9.14. The summed E-state index contributed by atoms with van der Waals surface area (Å²) in [5, 5.41) is 2.37. The quantitative estimate of drug-likeness (QED) is 0.154. The van der Waals surface area contributed by atoms with E-state index in [1.54, 1.807) is 0 Å². The fourth-order valence-electron chi connectivity index (χ4n) is 8.35. The first kappa shape index (κ1) is 35.9. The van der Waals surface area contributed by atoms with Crippen LogP contribution in [0.4, 0.5) is 0 Å². The highest BCUT2D eigenvalue weighted by atomic mass is 15.0. The van der Waals surface area contributed by atoms with E-state index in [0.29, 0.717) is 17.5 Å². The van der Waals surface area contributed by atoms with E-state index < -0.39 is 0 Å². The van der Waals surface area contributed by atoms with Crippen molar-refractivity contribution in [1.29, 1.82) is 0 Å². The van der Waals surface area contributed by atoms with E-state index in [-0.39, 0.29) is 0 Å². The van der Waals surface area contributed by atoms with Crippen molar-refractivity contribution in [2.24, 2.45) is 0 Å². The molecule has 0 saturated carbocycles. The van der Waals surface area contributed by atoms with Crippen LogP contribution >= 0.6 is 0 Å². The number of benzene rings is 9. The van der Waals surface area contributed by atoms with Crippen molar-refractivity contribution in [3.63, 3.8) is 0 Å². The molecule has 0 aliphatic heterocycles. The van der Waals surface area contributed by atoms with Gasteiger partial charge in [-0.05, 0) is 74.8 Å². The Morgan fingerprint density at radius 2 is 0.590 bits per heavy atom. The van der Waals surface area contributed by atoms with Crippen molar-refractivity contribution in [1.82, 2.24) is 19.5 Å². The van der Waals surface area contributed by atoms with Gasteiger partial charge in [-0.1, -0.05) is 200 Å². The molecule has 4 nitrogen and oxygen atoms in total. The number of fused-ring (bicyclic) bond motifs is 3. The fourth-order valence-corrected chi connectivity index (χ4v) is 8.35. The molecule has 0 radical (unpaired) electrons. The van der Waals surface area contributed by atoms with Crippen molar-refractivity contribution >= 4 is 21.8 Å². The van der Waals surface area contributed by atoms with Crippen LogP contribution < -0.4 is 0 Å². The SMILES string of the molecule is c1ccc(-c2ccc(-c3ccc(-n4c5ccccc5c5ccc(-c6nc(-c7ccccc7)nc(-c7ccc(-c8cccc(-c9ccccc9)c8)cc7)n6)cc54)cc3)cc2)cc1. The number of para-hydroxylation sites is 1. The summed E-state index contributed by atoms with van der Waals surface area (Å²) in [5.74, 6) is 1.88. The lowest BCUT2D eigenvalue weighted by Crippen LogP contribution is -2.00. The zero-order valence-electron chi connectivity index (χ0n) is 33.2. The molecule has 0 aliphatic carbocycles. The minimum Gasteiger partial charge on any atom is -0.309 e. The maximum Gasteiger partial charge on any atom is 0.164 e. The van der Waals surface area contributed by atoms with Crippen molar-refractivity contribution in [2.75, 3.05) is 0 Å². The molecule has 0 saturated heterocycles. The summed E-state index contributed by atoms with van der Waals surface area (Å²) in [6, 6.07) is 81.2. The van der Waals surface area contributed by atoms with Crippen LogP contribution in [0.1, 0.15) is 0 Å². The molecule has 0 N–H and O–H groups in total. The van der Waals surface area contributed by atoms with Crippen LogP contribution in [0, 0.1) is 0 Å². The molecule has 0 atom stereocenters. The van der Waals surface area contributed by atoms with Crippen molar-refractivity contribution in [3.05, 3.63) is 231 Å². The van der Waals surface area contributed by atoms with Gasteiger partial charge in [-0.2, -0.15) is 0 Å². The predicted molar refractivity (Wildman–Crippen MR) is 252 cm³/mol. The lowest BCUT2D eigenvalue weighted by molar-refractivity contribution is 1.07. The van der Waals surface area contributed by atoms with E-state index >= 15 is 0 Å². The molecule has 9 aromatic carbocycles. The number of aromatic nitrogens is 4. The minimum absolute atomic E-state index is 0.622. The first-order valence-electron chi connectivity index (χ1n) is 20.6. The molecular weight excluding hydrogens is 741 g/mol. The predicted octanol–water partition coefficient (Wildman–Crippen LogP) is 14.6. The Bertz CT molecular complexity index is 3300. The van der Waals surface area contributed by atoms with Gasteiger partial charge in [-0.3, -0.25) is 0 Å². The van der Waals surface area contributed by atoms with Gasteiger partial charge in [-0.15, -0.1) is 0 Å². The molecular formula is C57H38N4. The van der Waals surface area contributed by atoms with E-state index in [2.05, 4.69) is 199 Å². The maximum absolute atomic E-state index is 5.16. The molecule has 0 amide bonds. The Balaban J connectivity index is 0.974. The van der Waals surface area contributed by atoms with E-state index in [0.717, 1.165) is 44.5 Å². The topological polar surface area (TPSA) is 43.6 Å². The molecule has 2 heterocycles. The van der Waals surface area contributed by atoms with Crippen LogP contribution in [0.5, 0.6) is 0 Å². The molecule has 0 fully saturated rings. The van der Waals surface area contributed by atoms with Gasteiger partial charge >= 0.3 is 0 Å². The summed E-state index contributed by atoms with van der Waals surface area (Å²) in [6.07, 6.45) is 0. The van der Waals surface area contributed by atoms with Crippen LogP contribution in [0.15, 0.2) is 231 Å². The fraction of sp³-hybridized carbons (Fsp3) is 0. The van der Waals surface area contributed by atoms with E-state index in [9.17, 15) is 0 Å². The summed E-state index contributed by atoms with van der Waals surface area (Å²) in [7, 11) is 0. The lowest BCUT2D eigenvalue weighted by atomic mass is 9.98. The van der Waals surface area contributed by atoms with Crippen molar-refractivity contribution in [2.45, 2.75) is 0 Å². The van der Waals surface area contributed by atoms with Gasteiger partial charge in [0, 0.05) is 33.2 Å². The second-order valence-electron chi connectivity index (χ2n) is 15.3. The second kappa shape index (κ2) is 15.5. The zero-order chi connectivity index (χ0) is 40.5. The summed E-state index contributed by atoms with van der Waals surface area (Å²) >= 11 is 0. The number of nitrogens with zero attached hydrogens (tertiary/aromatic N) is 4. The smallest absolute Gasteiger partial charge is 0.164 e. The molecule has 0 bridgehead atoms. The average molecular weight is 779 g/mol. The van der Waals surface area contributed by atoms with E-state index in [4.69, 9.17) is 15.0 Å². The Morgan fingerprint density at radius 1 is 0.230 bits per heavy atom. The first-order chi connectivity index (χ1) is 30.2. The number of rotatable bonds is 8. The second-order valence-corrected chi connectivity index (χ2v) is 15.3. The van der Waals surface area contributed by atoms with Crippen LogP contribution in [-0.4, -0.2) is 19.5 Å². The molecule has 0 aliphatic rings. The highest BCUT2D eigenvalue weighted by Crippen LogP contribution is 2.36. The Hall–Kier alpha value is -8.21. The summed E-state index contributed by atoms with van der Waals surface area (Å²) in [6.45, 7) is 0. The number of hydrogen-bond acceptors (Lipinski definition) is 3. The van der Waals surface area contributed by atoms with Gasteiger partial charge in [-0.25, -0.2) is 15.0 Å².